The van der Waals surface area contributed by atoms with Crippen molar-refractivity contribution in [2.24, 2.45) is 0 Å². The first-order valence-corrected chi connectivity index (χ1v) is 9.30. The standard InChI is InChI=1S/C21H25N3O6/c1-21(2,3)30-20(26)23-16(19(25)22-4)13-14-9-11-15(12-10-14)29-18-8-6-5-7-17(18)24(27)28/h5-12,16H,13H2,1-4H3,(H,22,25)(H,23,26)/t16-/m0/s1. The number of para-hydroxylation sites is 2. The molecule has 0 heterocycles. The van der Waals surface area contributed by atoms with E-state index in [-0.39, 0.29) is 23.8 Å². The van der Waals surface area contributed by atoms with Gasteiger partial charge in [0.2, 0.25) is 11.7 Å². The van der Waals surface area contributed by atoms with Crippen LogP contribution in [0.2, 0.25) is 0 Å². The minimum atomic E-state index is -0.827. The van der Waals surface area contributed by atoms with Gasteiger partial charge in [-0.25, -0.2) is 4.79 Å². The molecule has 0 aliphatic rings. The summed E-state index contributed by atoms with van der Waals surface area (Å²) in [5.74, 6) is 0.177. The molecule has 2 aromatic carbocycles. The van der Waals surface area contributed by atoms with Crippen LogP contribution in [-0.2, 0) is 16.0 Å². The third-order valence-electron chi connectivity index (χ3n) is 3.91. The zero-order valence-electron chi connectivity index (χ0n) is 17.3. The predicted octanol–water partition coefficient (Wildman–Crippen LogP) is 3.57. The van der Waals surface area contributed by atoms with Gasteiger partial charge in [-0.1, -0.05) is 24.3 Å². The summed E-state index contributed by atoms with van der Waals surface area (Å²) < 4.78 is 10.8. The molecule has 9 nitrogen and oxygen atoms in total. The average molecular weight is 415 g/mol. The number of hydrogen-bond donors (Lipinski definition) is 2. The average Bonchev–Trinajstić information content (AvgIpc) is 2.67. The number of alkyl carbamates (subject to hydrolysis) is 1. The van der Waals surface area contributed by atoms with Crippen molar-refractivity contribution in [2.45, 2.75) is 38.8 Å². The maximum atomic E-state index is 12.2. The van der Waals surface area contributed by atoms with Gasteiger partial charge >= 0.3 is 11.8 Å². The van der Waals surface area contributed by atoms with Crippen LogP contribution in [0.4, 0.5) is 10.5 Å². The Morgan fingerprint density at radius 2 is 1.73 bits per heavy atom. The molecule has 0 unspecified atom stereocenters. The van der Waals surface area contributed by atoms with Crippen LogP contribution in [0.5, 0.6) is 11.5 Å². The molecule has 2 N–H and O–H groups in total. The van der Waals surface area contributed by atoms with Gasteiger partial charge in [0.05, 0.1) is 4.92 Å². The van der Waals surface area contributed by atoms with Crippen molar-refractivity contribution in [2.75, 3.05) is 7.05 Å². The van der Waals surface area contributed by atoms with E-state index in [0.717, 1.165) is 5.56 Å². The topological polar surface area (TPSA) is 120 Å². The van der Waals surface area contributed by atoms with E-state index in [1.54, 1.807) is 57.2 Å². The van der Waals surface area contributed by atoms with Crippen molar-refractivity contribution in [3.8, 4) is 11.5 Å². The van der Waals surface area contributed by atoms with Crippen LogP contribution in [0.15, 0.2) is 48.5 Å². The first-order chi connectivity index (χ1) is 14.1. The lowest BCUT2D eigenvalue weighted by atomic mass is 10.1. The Morgan fingerprint density at radius 3 is 2.30 bits per heavy atom. The maximum Gasteiger partial charge on any atom is 0.408 e. The summed E-state index contributed by atoms with van der Waals surface area (Å²) in [5.41, 5.74) is -0.0616. The number of rotatable bonds is 7. The van der Waals surface area contributed by atoms with Crippen LogP contribution in [0.1, 0.15) is 26.3 Å². The van der Waals surface area contributed by atoms with Gasteiger partial charge in [-0.3, -0.25) is 14.9 Å². The highest BCUT2D eigenvalue weighted by molar-refractivity contribution is 5.85. The van der Waals surface area contributed by atoms with Gasteiger partial charge in [-0.05, 0) is 44.5 Å². The van der Waals surface area contributed by atoms with Crippen LogP contribution >= 0.6 is 0 Å². The Kier molecular flexibility index (Phi) is 7.35. The third-order valence-corrected chi connectivity index (χ3v) is 3.91. The van der Waals surface area contributed by atoms with E-state index in [0.29, 0.717) is 5.75 Å². The van der Waals surface area contributed by atoms with Crippen molar-refractivity contribution < 1.29 is 24.0 Å². The lowest BCUT2D eigenvalue weighted by molar-refractivity contribution is -0.385. The number of nitrogens with one attached hydrogen (secondary N) is 2. The van der Waals surface area contributed by atoms with Gasteiger partial charge in [-0.2, -0.15) is 0 Å². The molecule has 0 saturated heterocycles. The minimum absolute atomic E-state index is 0.130. The van der Waals surface area contributed by atoms with E-state index in [4.69, 9.17) is 9.47 Å². The second kappa shape index (κ2) is 9.73. The highest BCUT2D eigenvalue weighted by Crippen LogP contribution is 2.30. The fraction of sp³-hybridized carbons (Fsp3) is 0.333. The number of carbonyl (C=O) groups is 2. The van der Waals surface area contributed by atoms with E-state index in [1.165, 1.54) is 19.2 Å². The van der Waals surface area contributed by atoms with Gasteiger partial charge in [0, 0.05) is 19.5 Å². The Balaban J connectivity index is 2.09. The summed E-state index contributed by atoms with van der Waals surface area (Å²) in [4.78, 5) is 34.8. The molecule has 0 spiro atoms. The van der Waals surface area contributed by atoms with E-state index in [2.05, 4.69) is 10.6 Å². The highest BCUT2D eigenvalue weighted by Gasteiger charge is 2.24. The summed E-state index contributed by atoms with van der Waals surface area (Å²) in [6, 6.07) is 12.0. The molecule has 0 bridgehead atoms. The van der Waals surface area contributed by atoms with Gasteiger partial charge in [0.1, 0.15) is 17.4 Å². The summed E-state index contributed by atoms with van der Waals surface area (Å²) in [5, 5.41) is 16.2. The molecule has 0 aliphatic heterocycles. The number of ether oxygens (including phenoxy) is 2. The van der Waals surface area contributed by atoms with E-state index < -0.39 is 22.7 Å². The minimum Gasteiger partial charge on any atom is -0.450 e. The number of hydrogen-bond acceptors (Lipinski definition) is 6. The predicted molar refractivity (Wildman–Crippen MR) is 111 cm³/mol. The van der Waals surface area contributed by atoms with E-state index in [1.807, 2.05) is 0 Å². The molecular formula is C21H25N3O6. The molecule has 0 fully saturated rings. The fourth-order valence-electron chi connectivity index (χ4n) is 2.58. The number of likely N-dealkylation sites (N-methyl/N-ethyl adjacent to an activating group) is 1. The zero-order valence-corrected chi connectivity index (χ0v) is 17.3. The summed E-state index contributed by atoms with van der Waals surface area (Å²) in [6.07, 6.45) is -0.461. The number of benzene rings is 2. The first kappa shape index (κ1) is 22.7. The molecule has 2 rings (SSSR count). The number of nitrogens with zero attached hydrogens (tertiary/aromatic N) is 1. The maximum absolute atomic E-state index is 12.2. The van der Waals surface area contributed by atoms with Gasteiger partial charge in [-0.15, -0.1) is 0 Å². The number of amides is 2. The number of nitro groups is 1. The molecule has 1 atom stereocenters. The zero-order chi connectivity index (χ0) is 22.3. The van der Waals surface area contributed by atoms with E-state index >= 15 is 0 Å². The van der Waals surface area contributed by atoms with E-state index in [9.17, 15) is 19.7 Å². The normalized spacial score (nSPS) is 11.9. The Labute approximate surface area is 174 Å². The quantitative estimate of drug-likeness (QED) is 0.527. The Hall–Kier alpha value is -3.62. The monoisotopic (exact) mass is 415 g/mol. The fourth-order valence-corrected chi connectivity index (χ4v) is 2.58. The molecule has 0 aromatic heterocycles. The lowest BCUT2D eigenvalue weighted by Gasteiger charge is -2.23. The molecular weight excluding hydrogens is 390 g/mol. The molecule has 2 amide bonds. The molecule has 0 saturated carbocycles. The molecule has 160 valence electrons. The first-order valence-electron chi connectivity index (χ1n) is 9.30. The third kappa shape index (κ3) is 6.77. The number of nitro benzene ring substituents is 1. The van der Waals surface area contributed by atoms with Crippen LogP contribution < -0.4 is 15.4 Å². The largest absolute Gasteiger partial charge is 0.450 e. The van der Waals surface area contributed by atoms with Crippen molar-refractivity contribution in [1.82, 2.24) is 10.6 Å². The summed E-state index contributed by atoms with van der Waals surface area (Å²) >= 11 is 0. The van der Waals surface area contributed by atoms with Gasteiger partial charge < -0.3 is 20.1 Å². The van der Waals surface area contributed by atoms with Crippen LogP contribution in [0, 0.1) is 10.1 Å². The SMILES string of the molecule is CNC(=O)[C@H](Cc1ccc(Oc2ccccc2[N+](=O)[O-])cc1)NC(=O)OC(C)(C)C. The van der Waals surface area contributed by atoms with Crippen molar-refractivity contribution >= 4 is 17.7 Å². The number of carbonyl (C=O) groups excluding carboxylic acids is 2. The molecule has 30 heavy (non-hydrogen) atoms. The van der Waals surface area contributed by atoms with Crippen LogP contribution in [-0.4, -0.2) is 35.6 Å². The molecule has 0 aliphatic carbocycles. The Morgan fingerprint density at radius 1 is 1.10 bits per heavy atom. The van der Waals surface area contributed by atoms with Gasteiger partial charge in [0.25, 0.3) is 0 Å². The van der Waals surface area contributed by atoms with Crippen molar-refractivity contribution in [1.29, 1.82) is 0 Å². The van der Waals surface area contributed by atoms with Crippen LogP contribution in [0.3, 0.4) is 0 Å². The lowest BCUT2D eigenvalue weighted by Crippen LogP contribution is -2.48. The second-order valence-corrected chi connectivity index (χ2v) is 7.49. The van der Waals surface area contributed by atoms with Crippen molar-refractivity contribution in [3.63, 3.8) is 0 Å². The molecule has 9 heteroatoms. The second-order valence-electron chi connectivity index (χ2n) is 7.49. The molecule has 0 radical (unpaired) electrons. The van der Waals surface area contributed by atoms with Crippen molar-refractivity contribution in [3.05, 3.63) is 64.2 Å². The highest BCUT2D eigenvalue weighted by atomic mass is 16.6. The Bertz CT molecular complexity index is 906. The smallest absolute Gasteiger partial charge is 0.408 e. The van der Waals surface area contributed by atoms with Gasteiger partial charge in [0.15, 0.2) is 0 Å². The summed E-state index contributed by atoms with van der Waals surface area (Å²) in [7, 11) is 1.48. The van der Waals surface area contributed by atoms with Crippen LogP contribution in [0.25, 0.3) is 0 Å². The summed E-state index contributed by atoms with van der Waals surface area (Å²) in [6.45, 7) is 5.20. The molecule has 2 aromatic rings.